The maximum atomic E-state index is 11.8. The molecule has 0 fully saturated rings. The van der Waals surface area contributed by atoms with Gasteiger partial charge in [0.25, 0.3) is 0 Å². The Morgan fingerprint density at radius 3 is 1.07 bits per heavy atom. The molecule has 0 spiro atoms. The third-order valence-corrected chi connectivity index (χ3v) is 9.05. The van der Waals surface area contributed by atoms with Crippen LogP contribution in [0.25, 0.3) is 0 Å². The van der Waals surface area contributed by atoms with E-state index >= 15 is 0 Å². The lowest BCUT2D eigenvalue weighted by Crippen LogP contribution is -2.34. The van der Waals surface area contributed by atoms with E-state index in [-0.39, 0.29) is 101 Å². The summed E-state index contributed by atoms with van der Waals surface area (Å²) in [6.45, 7) is 32.7. The molecule has 12 heteroatoms. The summed E-state index contributed by atoms with van der Waals surface area (Å²) in [6, 6.07) is 0. The van der Waals surface area contributed by atoms with Gasteiger partial charge in [-0.2, -0.15) is 0 Å². The van der Waals surface area contributed by atoms with Gasteiger partial charge in [-0.05, 0) is 129 Å². The predicted octanol–water partition coefficient (Wildman–Crippen LogP) is 16.5. The molecule has 0 saturated carbocycles. The van der Waals surface area contributed by atoms with Gasteiger partial charge in [0.1, 0.15) is 22.4 Å². The molecule has 0 N–H and O–H groups in total. The Bertz CT molecular complexity index is 1010. The zero-order chi connectivity index (χ0) is 43.6. The average molecular weight is 1110 g/mol. The quantitative estimate of drug-likeness (QED) is 0.0806. The monoisotopic (exact) mass is 1110 g/mol. The lowest BCUT2D eigenvalue weighted by molar-refractivity contribution is -0.166. The van der Waals surface area contributed by atoms with E-state index < -0.39 is 5.41 Å². The smallest absolute Gasteiger partial charge is 0.312 e. The Balaban J connectivity index is -0.0000000787. The molecule has 0 aliphatic rings. The van der Waals surface area contributed by atoms with Crippen molar-refractivity contribution in [2.24, 2.45) is 23.2 Å². The maximum Gasteiger partial charge on any atom is 0.312 e. The van der Waals surface area contributed by atoms with Gasteiger partial charge in [0.05, 0.1) is 23.2 Å². The van der Waals surface area contributed by atoms with Gasteiger partial charge in [-0.15, -0.1) is 0 Å². The van der Waals surface area contributed by atoms with Crippen LogP contribution in [0.15, 0.2) is 0 Å². The van der Waals surface area contributed by atoms with Crippen LogP contribution in [0.3, 0.4) is 0 Å². The third kappa shape index (κ3) is 53.9. The van der Waals surface area contributed by atoms with Crippen molar-refractivity contribution in [2.75, 3.05) is 21.3 Å². The Labute approximate surface area is 402 Å². The van der Waals surface area contributed by atoms with Gasteiger partial charge in [0.15, 0.2) is 0 Å². The highest BCUT2D eigenvalue weighted by Crippen LogP contribution is 2.26. The van der Waals surface area contributed by atoms with Gasteiger partial charge >= 0.3 is 23.9 Å². The van der Waals surface area contributed by atoms with Crippen LogP contribution < -0.4 is 0 Å². The van der Waals surface area contributed by atoms with Gasteiger partial charge in [-0.3, -0.25) is 19.2 Å². The number of ether oxygens (including phenoxy) is 4. The van der Waals surface area contributed by atoms with Crippen molar-refractivity contribution >= 4 is 87.6 Å². The molecule has 0 bridgehead atoms. The zero-order valence-corrected chi connectivity index (χ0v) is 43.5. The van der Waals surface area contributed by atoms with Crippen molar-refractivity contribution in [3.8, 4) is 0 Å². The van der Waals surface area contributed by atoms with E-state index in [1.807, 2.05) is 104 Å². The van der Waals surface area contributed by atoms with Crippen molar-refractivity contribution in [1.82, 2.24) is 0 Å². The summed E-state index contributed by atoms with van der Waals surface area (Å²) >= 11 is 13.4. The van der Waals surface area contributed by atoms with Crippen molar-refractivity contribution in [2.45, 2.75) is 235 Å². The fourth-order valence-corrected chi connectivity index (χ4v) is 6.70. The van der Waals surface area contributed by atoms with Crippen molar-refractivity contribution in [3.63, 3.8) is 0 Å². The summed E-state index contributed by atoms with van der Waals surface area (Å²) in [5, 5.41) is 3.22. The first-order valence-electron chi connectivity index (χ1n) is 19.5. The predicted molar refractivity (Wildman–Crippen MR) is 275 cm³/mol. The number of unbranched alkanes of at least 4 members (excludes halogenated alkanes) is 2. The van der Waals surface area contributed by atoms with Crippen LogP contribution in [0.5, 0.6) is 0 Å². The molecule has 0 amide bonds. The van der Waals surface area contributed by atoms with E-state index in [9.17, 15) is 19.2 Å². The Kier molecular flexibility index (Phi) is 54.5. The average Bonchev–Trinajstić information content (AvgIpc) is 2.97. The molecule has 0 aromatic carbocycles. The van der Waals surface area contributed by atoms with E-state index in [2.05, 4.69) is 77.6 Å². The van der Waals surface area contributed by atoms with E-state index in [0.717, 1.165) is 73.8 Å². The normalized spacial score (nSPS) is 12.4. The summed E-state index contributed by atoms with van der Waals surface area (Å²) in [5.74, 6) is -0.305. The summed E-state index contributed by atoms with van der Waals surface area (Å²) < 4.78 is 21.2. The number of rotatable bonds is 17. The minimum absolute atomic E-state index is 0. The van der Waals surface area contributed by atoms with Crippen molar-refractivity contribution in [3.05, 3.63) is 0 Å². The molecule has 0 aromatic heterocycles. The van der Waals surface area contributed by atoms with Gasteiger partial charge in [0.2, 0.25) is 0 Å². The number of halogens is 4. The highest BCUT2D eigenvalue weighted by molar-refractivity contribution is 9.09. The number of carbonyl (C=O) groups excluding carboxylic acids is 4. The van der Waals surface area contributed by atoms with Crippen LogP contribution in [-0.2, 0) is 38.1 Å². The standard InChI is InChI=1S/C12H23BrO2.C11H21BrO2.C10H19BrO2.C9H17BrO2.5CH4/c1-5-6-7-10(8-9-13)11(14)15-12(2,3)4;1-5-6-7-9(8-12)10(13)14-11(2,3)4;1-9(2,3)13-8(12)10(4,5)6-7-11;1-7(5-6-10)8(11)12-9(2,3)4;;;;;/h10H,5-9H2,1-4H3;9H,5-8H2,1-4H3;6-7H2,1-5H3;7H,5-6H2,1-4H3;5*1H4. The van der Waals surface area contributed by atoms with Gasteiger partial charge in [0, 0.05) is 21.3 Å². The fraction of sp³-hybridized carbons (Fsp3) is 0.915. The molecule has 0 heterocycles. The lowest BCUT2D eigenvalue weighted by Gasteiger charge is -2.27. The highest BCUT2D eigenvalue weighted by atomic mass is 79.9. The number of hydrogen-bond acceptors (Lipinski definition) is 8. The molecule has 0 saturated heterocycles. The Morgan fingerprint density at radius 1 is 0.458 bits per heavy atom. The number of carbonyl (C=O) groups is 4. The summed E-state index contributed by atoms with van der Waals surface area (Å²) in [5.41, 5.74) is -1.88. The minimum Gasteiger partial charge on any atom is -0.460 e. The molecular weight excluding hydrogens is 1010 g/mol. The Hall–Kier alpha value is -0.200. The van der Waals surface area contributed by atoms with Gasteiger partial charge in [-0.1, -0.05) is 147 Å². The van der Waals surface area contributed by atoms with Crippen LogP contribution in [-0.4, -0.2) is 67.6 Å². The van der Waals surface area contributed by atoms with E-state index in [4.69, 9.17) is 18.9 Å². The van der Waals surface area contributed by atoms with Crippen LogP contribution >= 0.6 is 63.7 Å². The van der Waals surface area contributed by atoms with Crippen molar-refractivity contribution in [1.29, 1.82) is 0 Å². The summed E-state index contributed by atoms with van der Waals surface area (Å²) in [6.07, 6.45) is 8.76. The first-order valence-corrected chi connectivity index (χ1v) is 24.0. The zero-order valence-electron chi connectivity index (χ0n) is 37.2. The molecule has 0 aliphatic heterocycles. The maximum absolute atomic E-state index is 11.8. The van der Waals surface area contributed by atoms with E-state index in [1.165, 1.54) is 0 Å². The van der Waals surface area contributed by atoms with Crippen LogP contribution in [0.1, 0.15) is 213 Å². The molecule has 3 atom stereocenters. The fourth-order valence-electron chi connectivity index (χ4n) is 3.88. The number of alkyl halides is 4. The van der Waals surface area contributed by atoms with Gasteiger partial charge in [-0.25, -0.2) is 0 Å². The number of esters is 4. The molecule has 364 valence electrons. The van der Waals surface area contributed by atoms with E-state index in [1.54, 1.807) is 0 Å². The first-order chi connectivity index (χ1) is 24.4. The SMILES string of the molecule is C.C.C.C.C.CC(C)(C)OC(=O)C(C)(C)CCBr.CC(CCBr)C(=O)OC(C)(C)C.CCCCC(CBr)C(=O)OC(C)(C)C.CCCCC(CCBr)C(=O)OC(C)(C)C. The molecular formula is C47H100Br4O8. The molecule has 3 unspecified atom stereocenters. The van der Waals surface area contributed by atoms with Crippen LogP contribution in [0, 0.1) is 23.2 Å². The van der Waals surface area contributed by atoms with Gasteiger partial charge < -0.3 is 18.9 Å². The number of hydrogen-bond donors (Lipinski definition) is 0. The second-order valence-electron chi connectivity index (χ2n) is 18.1. The lowest BCUT2D eigenvalue weighted by atomic mass is 9.90. The second kappa shape index (κ2) is 40.6. The third-order valence-electron chi connectivity index (χ3n) is 6.96. The van der Waals surface area contributed by atoms with Crippen LogP contribution in [0.2, 0.25) is 0 Å². The Morgan fingerprint density at radius 2 is 0.780 bits per heavy atom. The minimum atomic E-state index is -0.392. The first kappa shape index (κ1) is 79.2. The largest absolute Gasteiger partial charge is 0.460 e. The second-order valence-corrected chi connectivity index (χ2v) is 21.1. The van der Waals surface area contributed by atoms with Crippen LogP contribution in [0.4, 0.5) is 0 Å². The highest BCUT2D eigenvalue weighted by Gasteiger charge is 2.32. The van der Waals surface area contributed by atoms with Crippen molar-refractivity contribution < 1.29 is 38.1 Å². The molecule has 59 heavy (non-hydrogen) atoms. The van der Waals surface area contributed by atoms with E-state index in [0.29, 0.717) is 5.33 Å². The topological polar surface area (TPSA) is 105 Å². The summed E-state index contributed by atoms with van der Waals surface area (Å²) in [4.78, 5) is 46.4. The summed E-state index contributed by atoms with van der Waals surface area (Å²) in [7, 11) is 0. The molecule has 0 aliphatic carbocycles. The molecule has 0 rings (SSSR count). The molecule has 0 radical (unpaired) electrons. The molecule has 8 nitrogen and oxygen atoms in total. The molecule has 0 aromatic rings.